The number of aliphatic hydroxyl groups excluding tert-OH is 1. The van der Waals surface area contributed by atoms with E-state index in [1.54, 1.807) is 18.9 Å². The fraction of sp³-hybridized carbons (Fsp3) is 0.484. The van der Waals surface area contributed by atoms with Crippen LogP contribution in [0.5, 0.6) is 5.75 Å². The molecule has 2 aromatic carbocycles. The van der Waals surface area contributed by atoms with Gasteiger partial charge in [-0.1, -0.05) is 43.7 Å². The largest absolute Gasteiger partial charge is 0.568 e. The summed E-state index contributed by atoms with van der Waals surface area (Å²) in [7, 11) is 1.68. The minimum Gasteiger partial charge on any atom is -0.568 e. The molecule has 11 heteroatoms. The van der Waals surface area contributed by atoms with Crippen molar-refractivity contribution in [1.29, 1.82) is 0 Å². The Morgan fingerprint density at radius 3 is 2.50 bits per heavy atom. The molecule has 0 aromatic heterocycles. The molecule has 229 valence electrons. The molecule has 3 rings (SSSR count). The van der Waals surface area contributed by atoms with Gasteiger partial charge in [0, 0.05) is 61.8 Å². The number of nitrogens with zero attached hydrogens (tertiary/aromatic N) is 2. The molecule has 0 atom stereocenters. The van der Waals surface area contributed by atoms with Gasteiger partial charge in [0.05, 0.1) is 25.9 Å². The summed E-state index contributed by atoms with van der Waals surface area (Å²) in [5, 5.41) is 12.5. The van der Waals surface area contributed by atoms with Crippen LogP contribution in [0, 0.1) is 18.8 Å². The van der Waals surface area contributed by atoms with Crippen LogP contribution in [0.1, 0.15) is 44.2 Å². The number of rotatable bonds is 10. The Kier molecular flexibility index (Phi) is 18.5. The van der Waals surface area contributed by atoms with Gasteiger partial charge in [0.2, 0.25) is 0 Å². The van der Waals surface area contributed by atoms with E-state index in [9.17, 15) is 13.2 Å². The summed E-state index contributed by atoms with van der Waals surface area (Å²) in [5.41, 5.74) is 13.3. The Bertz CT molecular complexity index is 1180. The summed E-state index contributed by atoms with van der Waals surface area (Å²) in [6, 6.07) is 12.6. The monoisotopic (exact) mass is 680 g/mol. The zero-order valence-electron chi connectivity index (χ0n) is 25.1. The number of nitrogens with one attached hydrogen (secondary N) is 2. The number of hydrogen-bond acceptors (Lipinski definition) is 6. The molecule has 6 nitrogen and oxygen atoms in total. The zero-order valence-corrected chi connectivity index (χ0v) is 28.8. The fourth-order valence-electron chi connectivity index (χ4n) is 4.06. The summed E-state index contributed by atoms with van der Waals surface area (Å²) < 4.78 is 37.8. The van der Waals surface area contributed by atoms with Crippen molar-refractivity contribution in [2.75, 3.05) is 56.9 Å². The third kappa shape index (κ3) is 14.2. The Balaban J connectivity index is 0.00000114. The predicted molar refractivity (Wildman–Crippen MR) is 166 cm³/mol. The van der Waals surface area contributed by atoms with E-state index >= 15 is 0 Å². The van der Waals surface area contributed by atoms with Gasteiger partial charge in [0.15, 0.2) is 0 Å². The van der Waals surface area contributed by atoms with Crippen LogP contribution in [-0.4, -0.2) is 68.4 Å². The number of anilines is 2. The quantitative estimate of drug-likeness (QED) is 0.139. The molecule has 0 amide bonds. The second-order valence-corrected chi connectivity index (χ2v) is 10.5. The van der Waals surface area contributed by atoms with Gasteiger partial charge in [-0.15, -0.1) is 17.8 Å². The molecular weight excluding hydrogens is 638 g/mol. The number of benzene rings is 2. The van der Waals surface area contributed by atoms with Crippen molar-refractivity contribution in [3.8, 4) is 17.6 Å². The maximum Gasteiger partial charge on any atom is 0.388 e. The van der Waals surface area contributed by atoms with Gasteiger partial charge >= 0.3 is 6.18 Å². The van der Waals surface area contributed by atoms with Crippen LogP contribution < -0.4 is 15.5 Å². The number of thioether (sulfide) groups is 1. The molecular formula is C31H42F3N4O2SY-. The number of aliphatic hydroxyl groups is 1. The standard InChI is InChI=1S/C28H37N4O2S.C3H5F3.Y/c1-21(7-6-14-29-27-11-10-24(35-4)20-28(27)34-3)19-25-22(2)8-5-9-26(25)31-30-23-12-15-32(16-13-23)17-18-33;1-2-3(4,5)6;/h5,8-11,19-20,23,29,31,33H,12-18H2,1-4H3;2H2,1H3;/q-1;;/b21-19+;;. The second-order valence-electron chi connectivity index (χ2n) is 9.59. The first-order valence-corrected chi connectivity index (χ1v) is 14.9. The van der Waals surface area contributed by atoms with Crippen molar-refractivity contribution in [3.63, 3.8) is 0 Å². The van der Waals surface area contributed by atoms with Gasteiger partial charge < -0.3 is 30.9 Å². The maximum absolute atomic E-state index is 10.8. The number of hydrogen-bond donors (Lipinski definition) is 3. The van der Waals surface area contributed by atoms with Crippen LogP contribution >= 0.6 is 11.8 Å². The number of β-amino-alcohol motifs (C(OH)–C–C–N with tert-alkyl or cyclic N) is 1. The predicted octanol–water partition coefficient (Wildman–Crippen LogP) is 7.36. The van der Waals surface area contributed by atoms with Crippen LogP contribution in [-0.2, 0) is 32.7 Å². The number of piperidine rings is 1. The SMILES string of the molecule is CCC(F)(F)F.COc1cc(SC)ccc1NCC#C/C(C)=C/c1c(C)cccc1N[N-]C1CCN(CCO)CC1.[Y]. The Morgan fingerprint density at radius 2 is 1.90 bits per heavy atom. The van der Waals surface area contributed by atoms with Crippen LogP contribution in [0.2, 0.25) is 0 Å². The number of alkyl halides is 3. The molecule has 1 heterocycles. The normalized spacial score (nSPS) is 14.1. The Labute approximate surface area is 278 Å². The van der Waals surface area contributed by atoms with Crippen molar-refractivity contribution in [2.45, 2.75) is 57.1 Å². The maximum atomic E-state index is 10.8. The molecule has 1 radical (unpaired) electrons. The molecule has 1 fully saturated rings. The molecule has 3 N–H and O–H groups in total. The average Bonchev–Trinajstić information content (AvgIpc) is 2.96. The van der Waals surface area contributed by atoms with E-state index in [4.69, 9.17) is 15.3 Å². The summed E-state index contributed by atoms with van der Waals surface area (Å²) in [5.74, 6) is 7.30. The molecule has 0 bridgehead atoms. The third-order valence-electron chi connectivity index (χ3n) is 6.49. The van der Waals surface area contributed by atoms with Crippen molar-refractivity contribution < 1.29 is 55.7 Å². The van der Waals surface area contributed by atoms with E-state index in [-0.39, 0.29) is 45.4 Å². The average molecular weight is 681 g/mol. The first-order valence-electron chi connectivity index (χ1n) is 13.7. The number of allylic oxidation sites excluding steroid dienone is 1. The fourth-order valence-corrected chi connectivity index (χ4v) is 4.49. The molecule has 0 saturated carbocycles. The third-order valence-corrected chi connectivity index (χ3v) is 7.21. The zero-order chi connectivity index (χ0) is 30.3. The smallest absolute Gasteiger partial charge is 0.388 e. The van der Waals surface area contributed by atoms with Crippen LogP contribution in [0.15, 0.2) is 46.9 Å². The topological polar surface area (TPSA) is 70.9 Å². The molecule has 2 aromatic rings. The van der Waals surface area contributed by atoms with Crippen molar-refractivity contribution >= 4 is 29.2 Å². The molecule has 1 aliphatic rings. The minimum atomic E-state index is -3.96. The molecule has 42 heavy (non-hydrogen) atoms. The van der Waals surface area contributed by atoms with Crippen molar-refractivity contribution in [3.05, 3.63) is 58.5 Å². The number of aryl methyl sites for hydroxylation is 1. The number of halogens is 3. The van der Waals surface area contributed by atoms with E-state index in [0.29, 0.717) is 6.54 Å². The van der Waals surface area contributed by atoms with E-state index in [2.05, 4.69) is 71.0 Å². The van der Waals surface area contributed by atoms with Gasteiger partial charge in [0.25, 0.3) is 0 Å². The second kappa shape index (κ2) is 20.3. The number of methoxy groups -OCH3 is 1. The number of likely N-dealkylation sites (tertiary alicyclic amines) is 1. The summed E-state index contributed by atoms with van der Waals surface area (Å²) in [4.78, 5) is 3.46. The van der Waals surface area contributed by atoms with Gasteiger partial charge in [0.1, 0.15) is 5.75 Å². The van der Waals surface area contributed by atoms with E-state index < -0.39 is 12.6 Å². The van der Waals surface area contributed by atoms with Gasteiger partial charge in [-0.05, 0) is 74.7 Å². The van der Waals surface area contributed by atoms with Gasteiger partial charge in [-0.3, -0.25) is 0 Å². The van der Waals surface area contributed by atoms with E-state index in [1.807, 2.05) is 19.1 Å². The van der Waals surface area contributed by atoms with Crippen molar-refractivity contribution in [1.82, 2.24) is 4.90 Å². The molecule has 1 aliphatic heterocycles. The summed E-state index contributed by atoms with van der Waals surface area (Å²) >= 11 is 1.69. The molecule has 0 spiro atoms. The molecule has 0 unspecified atom stereocenters. The van der Waals surface area contributed by atoms with Crippen LogP contribution in [0.3, 0.4) is 0 Å². The first kappa shape index (κ1) is 38.3. The van der Waals surface area contributed by atoms with E-state index in [1.165, 1.54) is 10.5 Å². The minimum absolute atomic E-state index is 0. The van der Waals surface area contributed by atoms with Crippen LogP contribution in [0.25, 0.3) is 11.5 Å². The summed E-state index contributed by atoms with van der Waals surface area (Å²) in [6.07, 6.45) is 1.50. The molecule has 0 aliphatic carbocycles. The first-order chi connectivity index (χ1) is 19.6. The van der Waals surface area contributed by atoms with Crippen molar-refractivity contribution in [2.24, 2.45) is 0 Å². The van der Waals surface area contributed by atoms with E-state index in [0.717, 1.165) is 67.7 Å². The summed E-state index contributed by atoms with van der Waals surface area (Å²) in [6.45, 7) is 8.68. The number of ether oxygens (including phenoxy) is 1. The van der Waals surface area contributed by atoms with Gasteiger partial charge in [-0.2, -0.15) is 13.2 Å². The van der Waals surface area contributed by atoms with Crippen LogP contribution in [0.4, 0.5) is 24.5 Å². The van der Waals surface area contributed by atoms with Gasteiger partial charge in [-0.25, -0.2) is 0 Å². The Hall–Kier alpha value is -1.74. The molecule has 1 saturated heterocycles. The Morgan fingerprint density at radius 1 is 1.21 bits per heavy atom.